The summed E-state index contributed by atoms with van der Waals surface area (Å²) in [7, 11) is 1.54. The van der Waals surface area contributed by atoms with E-state index in [2.05, 4.69) is 16.7 Å². The van der Waals surface area contributed by atoms with Crippen molar-refractivity contribution in [2.24, 2.45) is 0 Å². The molecule has 0 fully saturated rings. The number of amides is 3. The molecule has 0 spiro atoms. The Kier molecular flexibility index (Phi) is 5.80. The quantitative estimate of drug-likeness (QED) is 0.706. The van der Waals surface area contributed by atoms with Gasteiger partial charge in [0.15, 0.2) is 0 Å². The second-order valence-corrected chi connectivity index (χ2v) is 6.43. The average molecular weight is 368 g/mol. The van der Waals surface area contributed by atoms with Gasteiger partial charge in [0, 0.05) is 31.7 Å². The lowest BCUT2D eigenvalue weighted by Gasteiger charge is -2.28. The number of carbonyl (C=O) groups is 2. The molecular formula is C20H24N4O3. The average Bonchev–Trinajstić information content (AvgIpc) is 2.67. The highest BCUT2D eigenvalue weighted by Gasteiger charge is 2.20. The number of nitrogens with zero attached hydrogens (tertiary/aromatic N) is 1. The fourth-order valence-electron chi connectivity index (χ4n) is 3.10. The number of fused-ring (bicyclic) bond motifs is 1. The van der Waals surface area contributed by atoms with Crippen LogP contribution in [0.25, 0.3) is 0 Å². The molecule has 0 aromatic heterocycles. The molecule has 7 heteroatoms. The number of hydrogen-bond donors (Lipinski definition) is 3. The van der Waals surface area contributed by atoms with Crippen molar-refractivity contribution in [3.63, 3.8) is 0 Å². The summed E-state index contributed by atoms with van der Waals surface area (Å²) in [6.45, 7) is 1.55. The highest BCUT2D eigenvalue weighted by Crippen LogP contribution is 2.24. The largest absolute Gasteiger partial charge is 0.495 e. The number of nitrogens with two attached hydrogens (primary N) is 1. The number of methoxy groups -OCH3 is 1. The first-order chi connectivity index (χ1) is 13.1. The molecule has 0 atom stereocenters. The third-order valence-electron chi connectivity index (χ3n) is 4.56. The van der Waals surface area contributed by atoms with Crippen LogP contribution >= 0.6 is 0 Å². The molecule has 0 saturated heterocycles. The van der Waals surface area contributed by atoms with Crippen LogP contribution in [0, 0.1) is 0 Å². The van der Waals surface area contributed by atoms with Gasteiger partial charge in [-0.1, -0.05) is 24.3 Å². The van der Waals surface area contributed by atoms with Gasteiger partial charge in [-0.25, -0.2) is 4.79 Å². The molecule has 0 radical (unpaired) electrons. The summed E-state index contributed by atoms with van der Waals surface area (Å²) in [5.41, 5.74) is 9.34. The first-order valence-electron chi connectivity index (χ1n) is 8.89. The molecule has 1 aliphatic rings. The zero-order valence-electron chi connectivity index (χ0n) is 15.3. The van der Waals surface area contributed by atoms with E-state index in [1.165, 1.54) is 18.2 Å². The van der Waals surface area contributed by atoms with Crippen LogP contribution in [0.4, 0.5) is 16.2 Å². The van der Waals surface area contributed by atoms with Crippen LogP contribution in [0.3, 0.4) is 0 Å². The summed E-state index contributed by atoms with van der Waals surface area (Å²) in [6, 6.07) is 13.0. The number of carbonyl (C=O) groups excluding carboxylic acids is 2. The minimum absolute atomic E-state index is 0.147. The minimum Gasteiger partial charge on any atom is -0.495 e. The molecule has 1 aliphatic heterocycles. The van der Waals surface area contributed by atoms with Gasteiger partial charge in [0.25, 0.3) is 0 Å². The summed E-state index contributed by atoms with van der Waals surface area (Å²) in [6.07, 6.45) is 1.03. The van der Waals surface area contributed by atoms with Crippen molar-refractivity contribution in [3.05, 3.63) is 53.6 Å². The predicted molar refractivity (Wildman–Crippen MR) is 105 cm³/mol. The van der Waals surface area contributed by atoms with Gasteiger partial charge in [-0.05, 0) is 35.7 Å². The Morgan fingerprint density at radius 1 is 1.19 bits per heavy atom. The number of urea groups is 1. The Morgan fingerprint density at radius 3 is 2.70 bits per heavy atom. The lowest BCUT2D eigenvalue weighted by atomic mass is 10.0. The Hall–Kier alpha value is -3.22. The topological polar surface area (TPSA) is 96.7 Å². The number of rotatable bonds is 5. The zero-order valence-corrected chi connectivity index (χ0v) is 15.3. The standard InChI is InChI=1S/C20H24N4O3/c1-27-18-7-6-16(12-17(18)21)23-19(25)8-10-22-20(26)24-11-9-14-4-2-3-5-15(14)13-24/h2-7,12H,8-11,13,21H2,1H3,(H,22,26)(H,23,25). The number of ether oxygens (including phenoxy) is 1. The first-order valence-corrected chi connectivity index (χ1v) is 8.89. The van der Waals surface area contributed by atoms with Crippen molar-refractivity contribution >= 4 is 23.3 Å². The van der Waals surface area contributed by atoms with Crippen LogP contribution in [0.2, 0.25) is 0 Å². The van der Waals surface area contributed by atoms with Crippen molar-refractivity contribution in [3.8, 4) is 5.75 Å². The fourth-order valence-corrected chi connectivity index (χ4v) is 3.10. The van der Waals surface area contributed by atoms with Gasteiger partial charge in [0.05, 0.1) is 12.8 Å². The fraction of sp³-hybridized carbons (Fsp3) is 0.300. The van der Waals surface area contributed by atoms with Crippen molar-refractivity contribution in [2.75, 3.05) is 31.2 Å². The number of anilines is 2. The molecule has 3 rings (SSSR count). The van der Waals surface area contributed by atoms with E-state index in [-0.39, 0.29) is 24.9 Å². The van der Waals surface area contributed by atoms with Crippen LogP contribution in [0.1, 0.15) is 17.5 Å². The summed E-state index contributed by atoms with van der Waals surface area (Å²) in [4.78, 5) is 26.1. The van der Waals surface area contributed by atoms with Gasteiger partial charge in [0.1, 0.15) is 5.75 Å². The van der Waals surface area contributed by atoms with Gasteiger partial charge in [-0.3, -0.25) is 4.79 Å². The van der Waals surface area contributed by atoms with Crippen LogP contribution in [0.15, 0.2) is 42.5 Å². The number of hydrogen-bond acceptors (Lipinski definition) is 4. The van der Waals surface area contributed by atoms with Gasteiger partial charge in [-0.15, -0.1) is 0 Å². The highest BCUT2D eigenvalue weighted by molar-refractivity contribution is 5.91. The van der Waals surface area contributed by atoms with Crippen molar-refractivity contribution in [1.82, 2.24) is 10.2 Å². The SMILES string of the molecule is COc1ccc(NC(=O)CCNC(=O)N2CCc3ccccc3C2)cc1N. The number of nitrogens with one attached hydrogen (secondary N) is 2. The summed E-state index contributed by atoms with van der Waals surface area (Å²) < 4.78 is 5.09. The second-order valence-electron chi connectivity index (χ2n) is 6.43. The smallest absolute Gasteiger partial charge is 0.317 e. The lowest BCUT2D eigenvalue weighted by molar-refractivity contribution is -0.116. The van der Waals surface area contributed by atoms with E-state index in [1.807, 2.05) is 18.2 Å². The normalized spacial score (nSPS) is 12.9. The van der Waals surface area contributed by atoms with E-state index in [4.69, 9.17) is 10.5 Å². The monoisotopic (exact) mass is 368 g/mol. The van der Waals surface area contributed by atoms with Crippen molar-refractivity contribution in [2.45, 2.75) is 19.4 Å². The molecule has 4 N–H and O–H groups in total. The maximum atomic E-state index is 12.3. The number of benzene rings is 2. The van der Waals surface area contributed by atoms with Gasteiger partial charge in [0.2, 0.25) is 5.91 Å². The molecule has 7 nitrogen and oxygen atoms in total. The van der Waals surface area contributed by atoms with Gasteiger partial charge in [-0.2, -0.15) is 0 Å². The van der Waals surface area contributed by atoms with Crippen molar-refractivity contribution < 1.29 is 14.3 Å². The maximum Gasteiger partial charge on any atom is 0.317 e. The molecule has 2 aromatic carbocycles. The van der Waals surface area contributed by atoms with Crippen molar-refractivity contribution in [1.29, 1.82) is 0 Å². The molecule has 0 aliphatic carbocycles. The third kappa shape index (κ3) is 4.69. The minimum atomic E-state index is -0.191. The molecule has 1 heterocycles. The Morgan fingerprint density at radius 2 is 1.96 bits per heavy atom. The number of nitrogen functional groups attached to an aromatic ring is 1. The van der Waals surface area contributed by atoms with Crippen LogP contribution in [-0.4, -0.2) is 37.0 Å². The third-order valence-corrected chi connectivity index (χ3v) is 4.56. The summed E-state index contributed by atoms with van der Waals surface area (Å²) in [5.74, 6) is 0.368. The highest BCUT2D eigenvalue weighted by atomic mass is 16.5. The Bertz CT molecular complexity index is 838. The lowest BCUT2D eigenvalue weighted by Crippen LogP contribution is -2.43. The molecule has 0 unspecified atom stereocenters. The van der Waals surface area contributed by atoms with E-state index in [1.54, 1.807) is 23.1 Å². The first kappa shape index (κ1) is 18.6. The Labute approximate surface area is 158 Å². The Balaban J connectivity index is 1.43. The van der Waals surface area contributed by atoms with Crippen LogP contribution in [0.5, 0.6) is 5.75 Å². The molecule has 2 aromatic rings. The van der Waals surface area contributed by atoms with E-state index in [0.717, 1.165) is 6.42 Å². The van der Waals surface area contributed by atoms with E-state index < -0.39 is 0 Å². The van der Waals surface area contributed by atoms with E-state index in [0.29, 0.717) is 30.2 Å². The van der Waals surface area contributed by atoms with E-state index in [9.17, 15) is 9.59 Å². The molecule has 142 valence electrons. The molecule has 0 bridgehead atoms. The van der Waals surface area contributed by atoms with Gasteiger partial charge < -0.3 is 26.0 Å². The predicted octanol–water partition coefficient (Wildman–Crippen LogP) is 2.37. The molecule has 27 heavy (non-hydrogen) atoms. The maximum absolute atomic E-state index is 12.3. The molecule has 3 amide bonds. The molecule has 0 saturated carbocycles. The van der Waals surface area contributed by atoms with Gasteiger partial charge >= 0.3 is 6.03 Å². The zero-order chi connectivity index (χ0) is 19.2. The van der Waals surface area contributed by atoms with E-state index >= 15 is 0 Å². The van der Waals surface area contributed by atoms with Crippen LogP contribution in [-0.2, 0) is 17.8 Å². The van der Waals surface area contributed by atoms with Crippen LogP contribution < -0.4 is 21.1 Å². The molecular weight excluding hydrogens is 344 g/mol. The summed E-state index contributed by atoms with van der Waals surface area (Å²) >= 11 is 0. The second kappa shape index (κ2) is 8.44. The summed E-state index contributed by atoms with van der Waals surface area (Å²) in [5, 5.41) is 5.57.